The van der Waals surface area contributed by atoms with Gasteiger partial charge in [0.1, 0.15) is 0 Å². The topological polar surface area (TPSA) is 33.0 Å². The predicted molar refractivity (Wildman–Crippen MR) is 57.9 cm³/mol. The van der Waals surface area contributed by atoms with Crippen LogP contribution in [0.4, 0.5) is 0 Å². The molecular formula is C10H19NOSi. The molecule has 0 saturated carbocycles. The van der Waals surface area contributed by atoms with Crippen LogP contribution in [0, 0.1) is 11.3 Å². The maximum Gasteiger partial charge on any atom is 0.184 e. The van der Waals surface area contributed by atoms with Gasteiger partial charge in [0.25, 0.3) is 0 Å². The quantitative estimate of drug-likeness (QED) is 0.484. The van der Waals surface area contributed by atoms with Gasteiger partial charge in [-0.05, 0) is 32.5 Å². The van der Waals surface area contributed by atoms with Crippen LogP contribution in [0.25, 0.3) is 0 Å². The lowest BCUT2D eigenvalue weighted by atomic mass is 10.1. The molecule has 0 aliphatic heterocycles. The predicted octanol–water partition coefficient (Wildman–Crippen LogP) is 3.09. The largest absolute Gasteiger partial charge is 0.414 e. The summed E-state index contributed by atoms with van der Waals surface area (Å²) in [6.07, 6.45) is 4.32. The second-order valence-electron chi connectivity index (χ2n) is 4.08. The summed E-state index contributed by atoms with van der Waals surface area (Å²) in [5.41, 5.74) is 0. The summed E-state index contributed by atoms with van der Waals surface area (Å²) in [6, 6.07) is 2.16. The van der Waals surface area contributed by atoms with Crippen LogP contribution in [0.3, 0.4) is 0 Å². The van der Waals surface area contributed by atoms with E-state index in [1.165, 1.54) is 0 Å². The average Bonchev–Trinajstić information content (AvgIpc) is 1.98. The van der Waals surface area contributed by atoms with Gasteiger partial charge in [-0.1, -0.05) is 6.08 Å². The first-order valence-electron chi connectivity index (χ1n) is 4.65. The highest BCUT2D eigenvalue weighted by molar-refractivity contribution is 6.69. The van der Waals surface area contributed by atoms with Gasteiger partial charge in [-0.25, -0.2) is 0 Å². The normalized spacial score (nSPS) is 13.4. The van der Waals surface area contributed by atoms with Crippen LogP contribution in [0.5, 0.6) is 0 Å². The lowest BCUT2D eigenvalue weighted by molar-refractivity contribution is 0.190. The van der Waals surface area contributed by atoms with E-state index in [0.717, 1.165) is 12.8 Å². The van der Waals surface area contributed by atoms with Gasteiger partial charge in [0.2, 0.25) is 0 Å². The minimum atomic E-state index is -1.49. The minimum Gasteiger partial charge on any atom is -0.414 e. The van der Waals surface area contributed by atoms with Gasteiger partial charge in [0, 0.05) is 0 Å². The molecule has 0 aromatic carbocycles. The molecule has 0 saturated heterocycles. The Kier molecular flexibility index (Phi) is 5.68. The van der Waals surface area contributed by atoms with E-state index in [-0.39, 0.29) is 6.10 Å². The van der Waals surface area contributed by atoms with Crippen molar-refractivity contribution < 1.29 is 4.43 Å². The van der Waals surface area contributed by atoms with E-state index < -0.39 is 8.32 Å². The fraction of sp³-hybridized carbons (Fsp3) is 0.700. The van der Waals surface area contributed by atoms with Gasteiger partial charge >= 0.3 is 0 Å². The van der Waals surface area contributed by atoms with Crippen molar-refractivity contribution in [2.75, 3.05) is 0 Å². The molecule has 0 amide bonds. The van der Waals surface area contributed by atoms with E-state index in [2.05, 4.69) is 32.3 Å². The second-order valence-corrected chi connectivity index (χ2v) is 8.54. The molecule has 0 spiro atoms. The third kappa shape index (κ3) is 7.76. The first-order valence-corrected chi connectivity index (χ1v) is 8.06. The van der Waals surface area contributed by atoms with Crippen molar-refractivity contribution in [2.45, 2.75) is 45.0 Å². The zero-order valence-corrected chi connectivity index (χ0v) is 9.84. The van der Waals surface area contributed by atoms with Crippen molar-refractivity contribution in [3.8, 4) is 6.07 Å². The molecule has 1 unspecified atom stereocenters. The summed E-state index contributed by atoms with van der Waals surface area (Å²) < 4.78 is 5.85. The molecular weight excluding hydrogens is 178 g/mol. The molecule has 1 atom stereocenters. The molecule has 0 aliphatic carbocycles. The number of nitriles is 1. The van der Waals surface area contributed by atoms with Crippen LogP contribution in [0.15, 0.2) is 12.7 Å². The van der Waals surface area contributed by atoms with Crippen LogP contribution in [0.1, 0.15) is 19.3 Å². The van der Waals surface area contributed by atoms with Crippen molar-refractivity contribution in [1.82, 2.24) is 0 Å². The third-order valence-electron chi connectivity index (χ3n) is 1.53. The fourth-order valence-corrected chi connectivity index (χ4v) is 2.31. The first-order chi connectivity index (χ1) is 5.99. The van der Waals surface area contributed by atoms with E-state index in [1.54, 1.807) is 0 Å². The number of rotatable bonds is 6. The fourth-order valence-electron chi connectivity index (χ4n) is 1.11. The molecule has 13 heavy (non-hydrogen) atoms. The minimum absolute atomic E-state index is 0.106. The summed E-state index contributed by atoms with van der Waals surface area (Å²) in [6.45, 7) is 10.1. The van der Waals surface area contributed by atoms with E-state index >= 15 is 0 Å². The zero-order chi connectivity index (χ0) is 10.3. The summed E-state index contributed by atoms with van der Waals surface area (Å²) in [7, 11) is -1.49. The van der Waals surface area contributed by atoms with Crippen LogP contribution >= 0.6 is 0 Å². The maximum absolute atomic E-state index is 8.59. The Balaban J connectivity index is 3.95. The molecule has 0 rings (SSSR count). The second kappa shape index (κ2) is 5.95. The van der Waals surface area contributed by atoms with E-state index in [0.29, 0.717) is 6.42 Å². The highest BCUT2D eigenvalue weighted by Gasteiger charge is 2.20. The van der Waals surface area contributed by atoms with Gasteiger partial charge in [-0.15, -0.1) is 6.58 Å². The number of hydrogen-bond donors (Lipinski definition) is 0. The summed E-state index contributed by atoms with van der Waals surface area (Å²) in [5.74, 6) is 0. The molecule has 0 aliphatic rings. The molecule has 0 aromatic rings. The van der Waals surface area contributed by atoms with Gasteiger partial charge in [-0.2, -0.15) is 5.26 Å². The average molecular weight is 197 g/mol. The lowest BCUT2D eigenvalue weighted by Gasteiger charge is -2.24. The molecule has 3 heteroatoms. The van der Waals surface area contributed by atoms with E-state index in [9.17, 15) is 0 Å². The van der Waals surface area contributed by atoms with Crippen molar-refractivity contribution in [3.63, 3.8) is 0 Å². The number of nitrogens with zero attached hydrogens (tertiary/aromatic N) is 1. The SMILES string of the molecule is C=CCCC(CC#N)O[Si](C)(C)C. The van der Waals surface area contributed by atoms with E-state index in [1.807, 2.05) is 6.08 Å². The molecule has 2 nitrogen and oxygen atoms in total. The molecule has 0 N–H and O–H groups in total. The van der Waals surface area contributed by atoms with Crippen LogP contribution in [0.2, 0.25) is 19.6 Å². The van der Waals surface area contributed by atoms with Crippen molar-refractivity contribution >= 4 is 8.32 Å². The lowest BCUT2D eigenvalue weighted by Crippen LogP contribution is -2.31. The van der Waals surface area contributed by atoms with Crippen molar-refractivity contribution in [2.24, 2.45) is 0 Å². The summed E-state index contributed by atoms with van der Waals surface area (Å²) in [5, 5.41) is 8.59. The molecule has 0 radical (unpaired) electrons. The van der Waals surface area contributed by atoms with Gasteiger partial charge in [0.05, 0.1) is 18.6 Å². The molecule has 0 aromatic heterocycles. The summed E-state index contributed by atoms with van der Waals surface area (Å²) >= 11 is 0. The van der Waals surface area contributed by atoms with Crippen molar-refractivity contribution in [1.29, 1.82) is 5.26 Å². The highest BCUT2D eigenvalue weighted by Crippen LogP contribution is 2.14. The Morgan fingerprint density at radius 2 is 2.15 bits per heavy atom. The van der Waals surface area contributed by atoms with Crippen LogP contribution < -0.4 is 0 Å². The van der Waals surface area contributed by atoms with Crippen molar-refractivity contribution in [3.05, 3.63) is 12.7 Å². The van der Waals surface area contributed by atoms with Gasteiger partial charge in [-0.3, -0.25) is 0 Å². The maximum atomic E-state index is 8.59. The number of allylic oxidation sites excluding steroid dienone is 1. The Morgan fingerprint density at radius 3 is 2.54 bits per heavy atom. The van der Waals surface area contributed by atoms with Crippen LogP contribution in [-0.4, -0.2) is 14.4 Å². The standard InChI is InChI=1S/C10H19NOSi/c1-5-6-7-10(8-9-11)12-13(2,3)4/h5,10H,1,6-8H2,2-4H3. The number of hydrogen-bond acceptors (Lipinski definition) is 2. The molecule has 0 fully saturated rings. The molecule has 0 bridgehead atoms. The monoisotopic (exact) mass is 197 g/mol. The Hall–Kier alpha value is -0.593. The van der Waals surface area contributed by atoms with E-state index in [4.69, 9.17) is 9.69 Å². The highest BCUT2D eigenvalue weighted by atomic mass is 28.4. The first kappa shape index (κ1) is 12.4. The van der Waals surface area contributed by atoms with Gasteiger partial charge in [0.15, 0.2) is 8.32 Å². The Morgan fingerprint density at radius 1 is 1.54 bits per heavy atom. The molecule has 0 heterocycles. The summed E-state index contributed by atoms with van der Waals surface area (Å²) in [4.78, 5) is 0. The van der Waals surface area contributed by atoms with Gasteiger partial charge < -0.3 is 4.43 Å². The zero-order valence-electron chi connectivity index (χ0n) is 8.84. The Bertz CT molecular complexity index is 190. The molecule has 74 valence electrons. The third-order valence-corrected chi connectivity index (χ3v) is 2.57. The Labute approximate surface area is 82.3 Å². The van der Waals surface area contributed by atoms with Crippen LogP contribution in [-0.2, 0) is 4.43 Å². The smallest absolute Gasteiger partial charge is 0.184 e.